The fourth-order valence-corrected chi connectivity index (χ4v) is 2.57. The van der Waals surface area contributed by atoms with Crippen molar-refractivity contribution in [2.75, 3.05) is 12.4 Å². The Labute approximate surface area is 173 Å². The summed E-state index contributed by atoms with van der Waals surface area (Å²) >= 11 is 0. The van der Waals surface area contributed by atoms with Crippen molar-refractivity contribution >= 4 is 29.5 Å². The monoisotopic (exact) mass is 413 g/mol. The van der Waals surface area contributed by atoms with Gasteiger partial charge in [-0.1, -0.05) is 26.0 Å². The van der Waals surface area contributed by atoms with Gasteiger partial charge in [-0.05, 0) is 42.3 Å². The summed E-state index contributed by atoms with van der Waals surface area (Å²) in [7, 11) is 1.52. The SMILES string of the molecule is COc1ccc(C(=O)Nc2ccccc2C(=O)O[C@@H](C(=O)NC(N)=O)C(C)C)cc1. The van der Waals surface area contributed by atoms with Crippen molar-refractivity contribution in [3.05, 3.63) is 59.7 Å². The second-order valence-electron chi connectivity index (χ2n) is 6.65. The summed E-state index contributed by atoms with van der Waals surface area (Å²) < 4.78 is 10.4. The number of amides is 4. The van der Waals surface area contributed by atoms with Crippen LogP contribution in [0.15, 0.2) is 48.5 Å². The summed E-state index contributed by atoms with van der Waals surface area (Å²) in [5.74, 6) is -1.92. The third kappa shape index (κ3) is 5.81. The molecule has 0 spiro atoms. The van der Waals surface area contributed by atoms with E-state index < -0.39 is 35.8 Å². The molecule has 0 aliphatic heterocycles. The second-order valence-corrected chi connectivity index (χ2v) is 6.65. The minimum absolute atomic E-state index is 0.0527. The van der Waals surface area contributed by atoms with Crippen molar-refractivity contribution in [2.45, 2.75) is 20.0 Å². The normalized spacial score (nSPS) is 11.3. The van der Waals surface area contributed by atoms with Gasteiger partial charge >= 0.3 is 12.0 Å². The number of urea groups is 1. The zero-order chi connectivity index (χ0) is 22.3. The fourth-order valence-electron chi connectivity index (χ4n) is 2.57. The molecule has 1 atom stereocenters. The van der Waals surface area contributed by atoms with Crippen LogP contribution in [0.4, 0.5) is 10.5 Å². The van der Waals surface area contributed by atoms with Crippen LogP contribution in [-0.4, -0.2) is 37.0 Å². The smallest absolute Gasteiger partial charge is 0.341 e. The van der Waals surface area contributed by atoms with E-state index in [4.69, 9.17) is 15.2 Å². The van der Waals surface area contributed by atoms with Crippen LogP contribution in [0, 0.1) is 5.92 Å². The van der Waals surface area contributed by atoms with Gasteiger partial charge in [0.1, 0.15) is 5.75 Å². The summed E-state index contributed by atoms with van der Waals surface area (Å²) in [6, 6.07) is 11.6. The third-order valence-electron chi connectivity index (χ3n) is 4.09. The Kier molecular flexibility index (Phi) is 7.51. The molecular formula is C21H23N3O6. The summed E-state index contributed by atoms with van der Waals surface area (Å²) in [5.41, 5.74) is 5.58. The van der Waals surface area contributed by atoms with Gasteiger partial charge in [-0.2, -0.15) is 0 Å². The zero-order valence-electron chi connectivity index (χ0n) is 16.8. The van der Waals surface area contributed by atoms with Crippen LogP contribution in [-0.2, 0) is 9.53 Å². The summed E-state index contributed by atoms with van der Waals surface area (Å²) in [5, 5.41) is 4.56. The van der Waals surface area contributed by atoms with Crippen LogP contribution in [0.2, 0.25) is 0 Å². The van der Waals surface area contributed by atoms with Crippen molar-refractivity contribution in [2.24, 2.45) is 11.7 Å². The topological polar surface area (TPSA) is 137 Å². The zero-order valence-corrected chi connectivity index (χ0v) is 16.8. The molecule has 0 aliphatic rings. The molecule has 30 heavy (non-hydrogen) atoms. The molecule has 4 N–H and O–H groups in total. The van der Waals surface area contributed by atoms with E-state index in [1.54, 1.807) is 50.2 Å². The van der Waals surface area contributed by atoms with Crippen molar-refractivity contribution in [1.82, 2.24) is 5.32 Å². The maximum Gasteiger partial charge on any atom is 0.341 e. The van der Waals surface area contributed by atoms with Gasteiger partial charge in [0.15, 0.2) is 6.10 Å². The van der Waals surface area contributed by atoms with Gasteiger partial charge in [0.2, 0.25) is 0 Å². The van der Waals surface area contributed by atoms with E-state index in [9.17, 15) is 19.2 Å². The minimum Gasteiger partial charge on any atom is -0.497 e. The molecule has 0 bridgehead atoms. The first-order chi connectivity index (χ1) is 14.2. The van der Waals surface area contributed by atoms with Gasteiger partial charge in [-0.15, -0.1) is 0 Å². The molecule has 2 aromatic carbocycles. The molecular weight excluding hydrogens is 390 g/mol. The van der Waals surface area contributed by atoms with E-state index in [0.29, 0.717) is 11.3 Å². The highest BCUT2D eigenvalue weighted by molar-refractivity contribution is 6.08. The maximum atomic E-state index is 12.7. The Hall–Kier alpha value is -3.88. The first kappa shape index (κ1) is 22.4. The number of carbonyl (C=O) groups is 4. The first-order valence-corrected chi connectivity index (χ1v) is 9.08. The first-order valence-electron chi connectivity index (χ1n) is 9.08. The van der Waals surface area contributed by atoms with Crippen LogP contribution in [0.1, 0.15) is 34.6 Å². The van der Waals surface area contributed by atoms with E-state index in [-0.39, 0.29) is 11.3 Å². The minimum atomic E-state index is -1.24. The maximum absolute atomic E-state index is 12.7. The highest BCUT2D eigenvalue weighted by Gasteiger charge is 2.29. The van der Waals surface area contributed by atoms with Crippen LogP contribution in [0.25, 0.3) is 0 Å². The number of anilines is 1. The molecule has 158 valence electrons. The van der Waals surface area contributed by atoms with Gasteiger partial charge < -0.3 is 20.5 Å². The number of ether oxygens (including phenoxy) is 2. The average molecular weight is 413 g/mol. The fraction of sp³-hybridized carbons (Fsp3) is 0.238. The molecule has 0 aromatic heterocycles. The average Bonchev–Trinajstić information content (AvgIpc) is 2.71. The van der Waals surface area contributed by atoms with E-state index in [1.807, 2.05) is 5.32 Å². The van der Waals surface area contributed by atoms with E-state index >= 15 is 0 Å². The lowest BCUT2D eigenvalue weighted by Crippen LogP contribution is -2.45. The molecule has 0 fully saturated rings. The standard InChI is InChI=1S/C21H23N3O6/c1-12(2)17(19(26)24-21(22)28)30-20(27)15-6-4-5-7-16(15)23-18(25)13-8-10-14(29-3)11-9-13/h4-12,17H,1-3H3,(H,23,25)(H3,22,24,26,28)/t17-/m1/s1. The number of benzene rings is 2. The number of hydrogen-bond acceptors (Lipinski definition) is 6. The van der Waals surface area contributed by atoms with Gasteiger partial charge in [0.25, 0.3) is 11.8 Å². The molecule has 0 radical (unpaired) electrons. The van der Waals surface area contributed by atoms with Crippen LogP contribution < -0.4 is 21.1 Å². The van der Waals surface area contributed by atoms with Gasteiger partial charge in [0.05, 0.1) is 18.4 Å². The number of carbonyl (C=O) groups excluding carboxylic acids is 4. The molecule has 0 heterocycles. The lowest BCUT2D eigenvalue weighted by Gasteiger charge is -2.20. The van der Waals surface area contributed by atoms with Gasteiger partial charge in [-0.25, -0.2) is 9.59 Å². The number of para-hydroxylation sites is 1. The molecule has 0 saturated heterocycles. The van der Waals surface area contributed by atoms with E-state index in [2.05, 4.69) is 5.32 Å². The number of primary amides is 1. The molecule has 9 heteroatoms. The molecule has 0 saturated carbocycles. The van der Waals surface area contributed by atoms with Crippen LogP contribution in [0.5, 0.6) is 5.75 Å². The Morgan fingerprint density at radius 1 is 0.967 bits per heavy atom. The summed E-state index contributed by atoms with van der Waals surface area (Å²) in [6.07, 6.45) is -1.24. The number of nitrogens with two attached hydrogens (primary N) is 1. The summed E-state index contributed by atoms with van der Waals surface area (Å²) in [4.78, 5) is 48.2. The van der Waals surface area contributed by atoms with Crippen molar-refractivity contribution in [1.29, 1.82) is 0 Å². The molecule has 2 rings (SSSR count). The largest absolute Gasteiger partial charge is 0.497 e. The highest BCUT2D eigenvalue weighted by Crippen LogP contribution is 2.20. The molecule has 4 amide bonds. The summed E-state index contributed by atoms with van der Waals surface area (Å²) in [6.45, 7) is 3.30. The molecule has 9 nitrogen and oxygen atoms in total. The Morgan fingerprint density at radius 2 is 1.60 bits per heavy atom. The molecule has 0 unspecified atom stereocenters. The molecule has 2 aromatic rings. The van der Waals surface area contributed by atoms with Crippen LogP contribution >= 0.6 is 0 Å². The predicted octanol–water partition coefficient (Wildman–Crippen LogP) is 2.32. The molecule has 0 aliphatic carbocycles. The van der Waals surface area contributed by atoms with Gasteiger partial charge in [0, 0.05) is 5.56 Å². The lowest BCUT2D eigenvalue weighted by atomic mass is 10.1. The van der Waals surface area contributed by atoms with Crippen molar-refractivity contribution in [3.63, 3.8) is 0 Å². The number of hydrogen-bond donors (Lipinski definition) is 3. The lowest BCUT2D eigenvalue weighted by molar-refractivity contribution is -0.130. The van der Waals surface area contributed by atoms with E-state index in [0.717, 1.165) is 0 Å². The van der Waals surface area contributed by atoms with Crippen molar-refractivity contribution < 1.29 is 28.7 Å². The number of methoxy groups -OCH3 is 1. The predicted molar refractivity (Wildman–Crippen MR) is 109 cm³/mol. The number of imide groups is 1. The highest BCUT2D eigenvalue weighted by atomic mass is 16.5. The Balaban J connectivity index is 2.20. The quantitative estimate of drug-likeness (QED) is 0.596. The Bertz CT molecular complexity index is 940. The van der Waals surface area contributed by atoms with Crippen molar-refractivity contribution in [3.8, 4) is 5.75 Å². The third-order valence-corrected chi connectivity index (χ3v) is 4.09. The van der Waals surface area contributed by atoms with E-state index in [1.165, 1.54) is 19.2 Å². The Morgan fingerprint density at radius 3 is 2.17 bits per heavy atom. The van der Waals surface area contributed by atoms with Crippen LogP contribution in [0.3, 0.4) is 0 Å². The number of esters is 1. The van der Waals surface area contributed by atoms with Gasteiger partial charge in [-0.3, -0.25) is 14.9 Å². The second kappa shape index (κ2) is 10.1. The number of rotatable bonds is 7. The number of nitrogens with one attached hydrogen (secondary N) is 2.